The molecule has 1 fully saturated rings. The van der Waals surface area contributed by atoms with Crippen LogP contribution in [0.1, 0.15) is 58.8 Å². The average Bonchev–Trinajstić information content (AvgIpc) is 2.76. The quantitative estimate of drug-likeness (QED) is 0.542. The fourth-order valence-corrected chi connectivity index (χ4v) is 1.95. The minimum absolute atomic E-state index is 1.14. The molecule has 0 aromatic carbocycles. The molecule has 0 aromatic heterocycles. The van der Waals surface area contributed by atoms with Gasteiger partial charge in [0.2, 0.25) is 0 Å². The molecule has 0 heterocycles. The first-order valence-electron chi connectivity index (χ1n) is 5.38. The minimum atomic E-state index is 1.14. The molecule has 2 atom stereocenters. The summed E-state index contributed by atoms with van der Waals surface area (Å²) in [5.74, 6) is 2.28. The lowest BCUT2D eigenvalue weighted by molar-refractivity contribution is 0.559. The highest BCUT2D eigenvalue weighted by Crippen LogP contribution is 2.45. The van der Waals surface area contributed by atoms with Gasteiger partial charge >= 0.3 is 0 Å². The van der Waals surface area contributed by atoms with Gasteiger partial charge < -0.3 is 0 Å². The van der Waals surface area contributed by atoms with Crippen LogP contribution < -0.4 is 0 Å². The van der Waals surface area contributed by atoms with E-state index in [4.69, 9.17) is 0 Å². The van der Waals surface area contributed by atoms with Gasteiger partial charge in [0.15, 0.2) is 0 Å². The molecule has 1 aliphatic rings. The second kappa shape index (κ2) is 4.79. The van der Waals surface area contributed by atoms with Crippen molar-refractivity contribution in [2.24, 2.45) is 11.8 Å². The monoisotopic (exact) mass is 154 g/mol. The Morgan fingerprint density at radius 1 is 0.909 bits per heavy atom. The van der Waals surface area contributed by atoms with Crippen molar-refractivity contribution in [1.29, 1.82) is 0 Å². The van der Waals surface area contributed by atoms with Crippen LogP contribution in [0.3, 0.4) is 0 Å². The SMILES string of the molecule is CCCC[C@@H]1C[C@H]1CCCC. The number of rotatable bonds is 6. The summed E-state index contributed by atoms with van der Waals surface area (Å²) in [6.07, 6.45) is 10.3. The molecule has 0 aromatic rings. The summed E-state index contributed by atoms with van der Waals surface area (Å²) in [4.78, 5) is 0. The highest BCUT2D eigenvalue weighted by Gasteiger charge is 2.34. The fraction of sp³-hybridized carbons (Fsp3) is 1.00. The van der Waals surface area contributed by atoms with Crippen LogP contribution in [0, 0.1) is 11.8 Å². The van der Waals surface area contributed by atoms with Gasteiger partial charge in [-0.3, -0.25) is 0 Å². The lowest BCUT2D eigenvalue weighted by atomic mass is 10.1. The van der Waals surface area contributed by atoms with Crippen molar-refractivity contribution < 1.29 is 0 Å². The molecule has 0 radical (unpaired) electrons. The van der Waals surface area contributed by atoms with E-state index in [9.17, 15) is 0 Å². The van der Waals surface area contributed by atoms with Crippen molar-refractivity contribution in [1.82, 2.24) is 0 Å². The zero-order valence-corrected chi connectivity index (χ0v) is 8.10. The molecule has 1 aliphatic carbocycles. The number of unbranched alkanes of at least 4 members (excludes halogenated alkanes) is 2. The Morgan fingerprint density at radius 3 is 1.73 bits per heavy atom. The van der Waals surface area contributed by atoms with Crippen LogP contribution >= 0.6 is 0 Å². The molecule has 66 valence electrons. The summed E-state index contributed by atoms with van der Waals surface area (Å²) in [5.41, 5.74) is 0. The van der Waals surface area contributed by atoms with Crippen molar-refractivity contribution in [3.8, 4) is 0 Å². The van der Waals surface area contributed by atoms with Gasteiger partial charge in [0, 0.05) is 0 Å². The Kier molecular flexibility index (Phi) is 3.96. The van der Waals surface area contributed by atoms with Gasteiger partial charge in [0.05, 0.1) is 0 Å². The average molecular weight is 154 g/mol. The second-order valence-corrected chi connectivity index (χ2v) is 4.04. The first kappa shape index (κ1) is 9.09. The summed E-state index contributed by atoms with van der Waals surface area (Å²) >= 11 is 0. The van der Waals surface area contributed by atoms with Crippen molar-refractivity contribution >= 4 is 0 Å². The highest BCUT2D eigenvalue weighted by atomic mass is 14.4. The molecule has 0 nitrogen and oxygen atoms in total. The molecule has 0 heteroatoms. The maximum atomic E-state index is 2.30. The van der Waals surface area contributed by atoms with Crippen molar-refractivity contribution in [2.45, 2.75) is 58.8 Å². The second-order valence-electron chi connectivity index (χ2n) is 4.04. The van der Waals surface area contributed by atoms with Crippen LogP contribution in [-0.4, -0.2) is 0 Å². The lowest BCUT2D eigenvalue weighted by Crippen LogP contribution is -1.83. The molecule has 0 saturated heterocycles. The predicted molar refractivity (Wildman–Crippen MR) is 50.6 cm³/mol. The molecule has 0 unspecified atom stereocenters. The van der Waals surface area contributed by atoms with Gasteiger partial charge in [-0.25, -0.2) is 0 Å². The topological polar surface area (TPSA) is 0 Å². The Balaban J connectivity index is 1.89. The standard InChI is InChI=1S/C11H22/c1-3-5-7-10-9-11(10)8-6-4-2/h10-11H,3-9H2,1-2H3/t10-,11-/m1/s1. The first-order chi connectivity index (χ1) is 5.38. The zero-order chi connectivity index (χ0) is 8.10. The largest absolute Gasteiger partial charge is 0.0654 e. The summed E-state index contributed by atoms with van der Waals surface area (Å²) in [6.45, 7) is 4.59. The highest BCUT2D eigenvalue weighted by molar-refractivity contribution is 4.85. The smallest absolute Gasteiger partial charge is 0.0383 e. The van der Waals surface area contributed by atoms with Crippen LogP contribution in [0.4, 0.5) is 0 Å². The molecule has 0 N–H and O–H groups in total. The van der Waals surface area contributed by atoms with E-state index in [0.717, 1.165) is 11.8 Å². The Morgan fingerprint density at radius 2 is 1.36 bits per heavy atom. The fourth-order valence-electron chi connectivity index (χ4n) is 1.95. The molecule has 0 bridgehead atoms. The molecule has 1 rings (SSSR count). The Labute approximate surface area is 71.4 Å². The van der Waals surface area contributed by atoms with Gasteiger partial charge in [-0.05, 0) is 18.3 Å². The predicted octanol–water partition coefficient (Wildman–Crippen LogP) is 4.00. The summed E-state index contributed by atoms with van der Waals surface area (Å²) in [6, 6.07) is 0. The zero-order valence-electron chi connectivity index (χ0n) is 8.10. The van der Waals surface area contributed by atoms with E-state index in [1.807, 2.05) is 0 Å². The van der Waals surface area contributed by atoms with Gasteiger partial charge in [0.1, 0.15) is 0 Å². The van der Waals surface area contributed by atoms with E-state index in [1.165, 1.54) is 38.5 Å². The maximum Gasteiger partial charge on any atom is -0.0383 e. The first-order valence-corrected chi connectivity index (χ1v) is 5.38. The van der Waals surface area contributed by atoms with Crippen LogP contribution in [0.25, 0.3) is 0 Å². The molecular weight excluding hydrogens is 132 g/mol. The minimum Gasteiger partial charge on any atom is -0.0654 e. The van der Waals surface area contributed by atoms with E-state index < -0.39 is 0 Å². The third-order valence-electron chi connectivity index (χ3n) is 2.93. The molecule has 0 aliphatic heterocycles. The molecule has 1 saturated carbocycles. The lowest BCUT2D eigenvalue weighted by Gasteiger charge is -1.97. The molecular formula is C11H22. The Hall–Kier alpha value is 0. The van der Waals surface area contributed by atoms with Crippen molar-refractivity contribution in [3.05, 3.63) is 0 Å². The van der Waals surface area contributed by atoms with Crippen LogP contribution in [0.5, 0.6) is 0 Å². The van der Waals surface area contributed by atoms with Crippen molar-refractivity contribution in [2.75, 3.05) is 0 Å². The third kappa shape index (κ3) is 3.27. The van der Waals surface area contributed by atoms with Crippen molar-refractivity contribution in [3.63, 3.8) is 0 Å². The number of hydrogen-bond donors (Lipinski definition) is 0. The van der Waals surface area contributed by atoms with Crippen LogP contribution in [-0.2, 0) is 0 Å². The van der Waals surface area contributed by atoms with Crippen LogP contribution in [0.2, 0.25) is 0 Å². The number of hydrogen-bond acceptors (Lipinski definition) is 0. The van der Waals surface area contributed by atoms with E-state index in [0.29, 0.717) is 0 Å². The maximum absolute atomic E-state index is 2.30. The Bertz CT molecular complexity index is 84.2. The summed E-state index contributed by atoms with van der Waals surface area (Å²) < 4.78 is 0. The normalized spacial score (nSPS) is 28.9. The third-order valence-corrected chi connectivity index (χ3v) is 2.93. The molecule has 0 spiro atoms. The molecule has 11 heavy (non-hydrogen) atoms. The van der Waals surface area contributed by atoms with Gasteiger partial charge in [-0.1, -0.05) is 52.4 Å². The van der Waals surface area contributed by atoms with E-state index >= 15 is 0 Å². The molecule has 0 amide bonds. The van der Waals surface area contributed by atoms with Gasteiger partial charge in [-0.2, -0.15) is 0 Å². The van der Waals surface area contributed by atoms with Crippen LogP contribution in [0.15, 0.2) is 0 Å². The van der Waals surface area contributed by atoms with E-state index in [-0.39, 0.29) is 0 Å². The van der Waals surface area contributed by atoms with Gasteiger partial charge in [0.25, 0.3) is 0 Å². The van der Waals surface area contributed by atoms with E-state index in [1.54, 1.807) is 6.42 Å². The summed E-state index contributed by atoms with van der Waals surface area (Å²) in [7, 11) is 0. The summed E-state index contributed by atoms with van der Waals surface area (Å²) in [5, 5.41) is 0. The van der Waals surface area contributed by atoms with E-state index in [2.05, 4.69) is 13.8 Å². The van der Waals surface area contributed by atoms with Gasteiger partial charge in [-0.15, -0.1) is 0 Å².